The van der Waals surface area contributed by atoms with Crippen LogP contribution in [0.3, 0.4) is 0 Å². The summed E-state index contributed by atoms with van der Waals surface area (Å²) in [6, 6.07) is 8.54. The first-order valence-corrected chi connectivity index (χ1v) is 12.2. The van der Waals surface area contributed by atoms with Crippen LogP contribution in [0, 0.1) is 0 Å². The molecule has 4 atom stereocenters. The highest BCUT2D eigenvalue weighted by molar-refractivity contribution is 6.28. The minimum Gasteiger partial charge on any atom is -0.394 e. The minimum absolute atomic E-state index is 0.147. The molecule has 1 aromatic carbocycles. The fourth-order valence-corrected chi connectivity index (χ4v) is 6.29. The van der Waals surface area contributed by atoms with Gasteiger partial charge >= 0.3 is 0 Å². The number of aromatic nitrogens is 4. The van der Waals surface area contributed by atoms with Gasteiger partial charge in [-0.2, -0.15) is 9.97 Å². The molecule has 3 aliphatic heterocycles. The highest BCUT2D eigenvalue weighted by atomic mass is 35.5. The predicted molar refractivity (Wildman–Crippen MR) is 124 cm³/mol. The van der Waals surface area contributed by atoms with Crippen molar-refractivity contribution >= 4 is 34.3 Å². The molecule has 1 aliphatic carbocycles. The molecule has 178 valence electrons. The number of aliphatic hydroxyl groups excluding tert-OH is 1. The van der Waals surface area contributed by atoms with Crippen LogP contribution in [0.4, 0.5) is 11.5 Å². The Morgan fingerprint density at radius 2 is 1.94 bits per heavy atom. The summed E-state index contributed by atoms with van der Waals surface area (Å²) >= 11 is 6.47. The van der Waals surface area contributed by atoms with Crippen molar-refractivity contribution in [3.05, 3.63) is 41.4 Å². The number of para-hydroxylation sites is 1. The molecule has 3 aromatic rings. The lowest BCUT2D eigenvalue weighted by atomic mass is 9.66. The predicted octanol–water partition coefficient (Wildman–Crippen LogP) is 3.46. The van der Waals surface area contributed by atoms with Gasteiger partial charge in [0.15, 0.2) is 29.0 Å². The van der Waals surface area contributed by atoms with Crippen molar-refractivity contribution in [2.24, 2.45) is 0 Å². The van der Waals surface area contributed by atoms with Crippen molar-refractivity contribution < 1.29 is 19.3 Å². The van der Waals surface area contributed by atoms with E-state index >= 15 is 0 Å². The van der Waals surface area contributed by atoms with Gasteiger partial charge in [0.05, 0.1) is 12.9 Å². The summed E-state index contributed by atoms with van der Waals surface area (Å²) in [5.41, 5.74) is 3.91. The summed E-state index contributed by atoms with van der Waals surface area (Å²) in [4.78, 5) is 16.1. The average molecular weight is 484 g/mol. The molecule has 0 radical (unpaired) electrons. The SMILES string of the molecule is CC1(C)O[C@@H]2[C@H](O1)[C@@H](CO)O[C@H]2n1cnc2c(N3CC4(CCC4)c4ccccc43)nc(Cl)nc21. The Balaban J connectivity index is 1.33. The van der Waals surface area contributed by atoms with Gasteiger partial charge < -0.3 is 24.2 Å². The molecule has 7 rings (SSSR count). The third kappa shape index (κ3) is 2.85. The molecule has 4 aliphatic rings. The molecular weight excluding hydrogens is 458 g/mol. The maximum absolute atomic E-state index is 9.88. The van der Waals surface area contributed by atoms with Crippen molar-refractivity contribution in [2.75, 3.05) is 18.1 Å². The third-order valence-electron chi connectivity index (χ3n) is 7.75. The molecule has 0 bridgehead atoms. The molecule has 2 saturated heterocycles. The van der Waals surface area contributed by atoms with E-state index in [0.717, 1.165) is 12.2 Å². The van der Waals surface area contributed by atoms with Gasteiger partial charge in [-0.05, 0) is 49.9 Å². The fraction of sp³-hybridized carbons (Fsp3) is 0.542. The molecule has 0 amide bonds. The zero-order valence-electron chi connectivity index (χ0n) is 19.0. The van der Waals surface area contributed by atoms with Crippen molar-refractivity contribution in [2.45, 2.75) is 68.9 Å². The number of aliphatic hydroxyl groups is 1. The maximum atomic E-state index is 9.88. The Hall–Kier alpha value is -2.30. The third-order valence-corrected chi connectivity index (χ3v) is 7.92. The Morgan fingerprint density at radius 3 is 2.71 bits per heavy atom. The molecule has 0 unspecified atom stereocenters. The zero-order valence-corrected chi connectivity index (χ0v) is 19.8. The number of ether oxygens (including phenoxy) is 3. The van der Waals surface area contributed by atoms with Gasteiger partial charge in [0.2, 0.25) is 5.28 Å². The van der Waals surface area contributed by atoms with Gasteiger partial charge in [-0.1, -0.05) is 24.6 Å². The van der Waals surface area contributed by atoms with Crippen LogP contribution >= 0.6 is 11.6 Å². The second-order valence-corrected chi connectivity index (χ2v) is 10.5. The lowest BCUT2D eigenvalue weighted by molar-refractivity contribution is -0.199. The van der Waals surface area contributed by atoms with E-state index in [1.165, 1.54) is 24.8 Å². The second-order valence-electron chi connectivity index (χ2n) is 10.2. The van der Waals surface area contributed by atoms with Gasteiger partial charge in [0, 0.05) is 17.6 Å². The van der Waals surface area contributed by atoms with Crippen LogP contribution in [-0.2, 0) is 19.6 Å². The van der Waals surface area contributed by atoms with Crippen molar-refractivity contribution in [3.8, 4) is 0 Å². The van der Waals surface area contributed by atoms with Crippen molar-refractivity contribution in [1.29, 1.82) is 0 Å². The van der Waals surface area contributed by atoms with Crippen LogP contribution in [0.5, 0.6) is 0 Å². The molecule has 34 heavy (non-hydrogen) atoms. The quantitative estimate of drug-likeness (QED) is 0.566. The molecule has 9 nitrogen and oxygen atoms in total. The number of nitrogens with zero attached hydrogens (tertiary/aromatic N) is 5. The number of fused-ring (bicyclic) bond motifs is 4. The Morgan fingerprint density at radius 1 is 1.15 bits per heavy atom. The van der Waals surface area contributed by atoms with Crippen LogP contribution < -0.4 is 4.90 Å². The van der Waals surface area contributed by atoms with Crippen LogP contribution in [0.15, 0.2) is 30.6 Å². The fourth-order valence-electron chi connectivity index (χ4n) is 6.13. The normalized spacial score (nSPS) is 30.6. The Labute approximate surface area is 201 Å². The van der Waals surface area contributed by atoms with E-state index in [-0.39, 0.29) is 23.4 Å². The zero-order chi connectivity index (χ0) is 23.2. The standard InChI is InChI=1S/C24H26ClN5O4/c1-23(2)33-17-15(10-31)32-21(18(17)34-23)30-12-26-16-19(27-22(25)28-20(16)30)29-11-24(8-5-9-24)13-6-3-4-7-14(13)29/h3-4,6-7,12,15,17-18,21,31H,5,8-11H2,1-2H3/t15-,17-,18-,21-/m1/s1. The molecule has 5 heterocycles. The summed E-state index contributed by atoms with van der Waals surface area (Å²) in [6.45, 7) is 4.41. The van der Waals surface area contributed by atoms with Gasteiger partial charge in [-0.3, -0.25) is 4.57 Å². The van der Waals surface area contributed by atoms with Gasteiger partial charge in [-0.15, -0.1) is 0 Å². The van der Waals surface area contributed by atoms with Gasteiger partial charge in [0.25, 0.3) is 0 Å². The summed E-state index contributed by atoms with van der Waals surface area (Å²) in [5, 5.41) is 10.0. The molecule has 1 N–H and O–H groups in total. The highest BCUT2D eigenvalue weighted by Crippen LogP contribution is 2.54. The molecule has 3 fully saturated rings. The van der Waals surface area contributed by atoms with Crippen LogP contribution in [0.1, 0.15) is 44.9 Å². The number of hydrogen-bond acceptors (Lipinski definition) is 8. The Bertz CT molecular complexity index is 1290. The summed E-state index contributed by atoms with van der Waals surface area (Å²) in [5.74, 6) is -0.0721. The van der Waals surface area contributed by atoms with E-state index in [0.29, 0.717) is 17.0 Å². The smallest absolute Gasteiger partial charge is 0.226 e. The number of imidazole rings is 1. The largest absolute Gasteiger partial charge is 0.394 e. The van der Waals surface area contributed by atoms with E-state index in [2.05, 4.69) is 39.1 Å². The first-order valence-electron chi connectivity index (χ1n) is 11.8. The molecule has 1 saturated carbocycles. The topological polar surface area (TPSA) is 94.8 Å². The number of rotatable bonds is 3. The first kappa shape index (κ1) is 21.0. The van der Waals surface area contributed by atoms with E-state index in [4.69, 9.17) is 30.8 Å². The van der Waals surface area contributed by atoms with Crippen molar-refractivity contribution in [1.82, 2.24) is 19.5 Å². The van der Waals surface area contributed by atoms with Crippen molar-refractivity contribution in [3.63, 3.8) is 0 Å². The van der Waals surface area contributed by atoms with Crippen LogP contribution in [0.2, 0.25) is 5.28 Å². The molecule has 1 spiro atoms. The molecular formula is C24H26ClN5O4. The van der Waals surface area contributed by atoms with E-state index < -0.39 is 24.2 Å². The monoisotopic (exact) mass is 483 g/mol. The second kappa shape index (κ2) is 7.11. The van der Waals surface area contributed by atoms with Crippen LogP contribution in [0.25, 0.3) is 11.2 Å². The molecule has 2 aromatic heterocycles. The highest BCUT2D eigenvalue weighted by Gasteiger charge is 2.56. The number of benzene rings is 1. The van der Waals surface area contributed by atoms with E-state index in [9.17, 15) is 5.11 Å². The summed E-state index contributed by atoms with van der Waals surface area (Å²) < 4.78 is 20.1. The lowest BCUT2D eigenvalue weighted by Gasteiger charge is -2.39. The lowest BCUT2D eigenvalue weighted by Crippen LogP contribution is -2.38. The average Bonchev–Trinajstić information content (AvgIpc) is 3.51. The summed E-state index contributed by atoms with van der Waals surface area (Å²) in [7, 11) is 0. The van der Waals surface area contributed by atoms with E-state index in [1.54, 1.807) is 6.33 Å². The minimum atomic E-state index is -0.769. The van der Waals surface area contributed by atoms with E-state index in [1.807, 2.05) is 18.4 Å². The Kier molecular flexibility index (Phi) is 4.40. The molecule has 10 heteroatoms. The number of anilines is 2. The van der Waals surface area contributed by atoms with Gasteiger partial charge in [0.1, 0.15) is 18.3 Å². The maximum Gasteiger partial charge on any atom is 0.226 e. The number of hydrogen-bond donors (Lipinski definition) is 1. The summed E-state index contributed by atoms with van der Waals surface area (Å²) in [6.07, 6.45) is 3.42. The number of halogens is 1. The first-order chi connectivity index (χ1) is 16.4. The van der Waals surface area contributed by atoms with Crippen LogP contribution in [-0.4, -0.2) is 61.9 Å². The van der Waals surface area contributed by atoms with Gasteiger partial charge in [-0.25, -0.2) is 4.98 Å².